The van der Waals surface area contributed by atoms with Gasteiger partial charge < -0.3 is 20.1 Å². The van der Waals surface area contributed by atoms with Crippen molar-refractivity contribution in [1.82, 2.24) is 10.3 Å². The first kappa shape index (κ1) is 17.0. The van der Waals surface area contributed by atoms with Gasteiger partial charge in [-0.25, -0.2) is 4.98 Å². The van der Waals surface area contributed by atoms with E-state index in [4.69, 9.17) is 21.7 Å². The van der Waals surface area contributed by atoms with Crippen LogP contribution in [0.4, 0.5) is 5.82 Å². The van der Waals surface area contributed by atoms with Crippen LogP contribution in [0, 0.1) is 6.92 Å². The van der Waals surface area contributed by atoms with Crippen molar-refractivity contribution in [1.29, 1.82) is 0 Å². The van der Waals surface area contributed by atoms with Crippen LogP contribution in [0.25, 0.3) is 0 Å². The molecule has 0 aliphatic carbocycles. The van der Waals surface area contributed by atoms with E-state index in [9.17, 15) is 0 Å². The number of nitrogens with zero attached hydrogens (tertiary/aromatic N) is 1. The number of aromatic nitrogens is 1. The predicted octanol–water partition coefficient (Wildman–Crippen LogP) is 3.15. The highest BCUT2D eigenvalue weighted by Crippen LogP contribution is 2.20. The second kappa shape index (κ2) is 8.33. The number of anilines is 1. The summed E-state index contributed by atoms with van der Waals surface area (Å²) in [5.74, 6) is 2.10. The molecular weight excluding hydrogens is 310 g/mol. The van der Waals surface area contributed by atoms with Crippen molar-refractivity contribution in [3.8, 4) is 11.5 Å². The van der Waals surface area contributed by atoms with Crippen LogP contribution in [0.3, 0.4) is 0 Å². The number of para-hydroxylation sites is 1. The van der Waals surface area contributed by atoms with Gasteiger partial charge in [-0.15, -0.1) is 0 Å². The Morgan fingerprint density at radius 2 is 1.96 bits per heavy atom. The molecule has 1 heterocycles. The Morgan fingerprint density at radius 3 is 2.70 bits per heavy atom. The Bertz CT molecular complexity index is 664. The number of ether oxygens (including phenoxy) is 2. The van der Waals surface area contributed by atoms with Crippen LogP contribution in [0.1, 0.15) is 12.5 Å². The summed E-state index contributed by atoms with van der Waals surface area (Å²) in [6.07, 6.45) is 1.68. The van der Waals surface area contributed by atoms with Crippen LogP contribution in [-0.4, -0.2) is 29.9 Å². The van der Waals surface area contributed by atoms with Crippen molar-refractivity contribution in [3.05, 3.63) is 48.2 Å². The van der Waals surface area contributed by atoms with Crippen LogP contribution in [-0.2, 0) is 0 Å². The lowest BCUT2D eigenvalue weighted by atomic mass is 10.2. The van der Waals surface area contributed by atoms with Gasteiger partial charge in [-0.1, -0.05) is 18.2 Å². The summed E-state index contributed by atoms with van der Waals surface area (Å²) < 4.78 is 11.0. The minimum absolute atomic E-state index is 0.0457. The van der Waals surface area contributed by atoms with E-state index in [0.29, 0.717) is 23.3 Å². The third-order valence-corrected chi connectivity index (χ3v) is 3.40. The zero-order valence-electron chi connectivity index (χ0n) is 13.5. The van der Waals surface area contributed by atoms with Gasteiger partial charge in [0.05, 0.1) is 13.2 Å². The first-order chi connectivity index (χ1) is 11.1. The van der Waals surface area contributed by atoms with Gasteiger partial charge in [-0.3, -0.25) is 0 Å². The third kappa shape index (κ3) is 5.10. The van der Waals surface area contributed by atoms with Crippen LogP contribution in [0.15, 0.2) is 42.6 Å². The Morgan fingerprint density at radius 1 is 1.22 bits per heavy atom. The molecule has 0 bridgehead atoms. The standard InChI is InChI=1S/C17H21N3O2S/c1-12-7-4-5-8-14(12)22-11-13(2)19-17(23)20-16-15(21-3)9-6-10-18-16/h4-10,13H,11H2,1-3H3,(H2,18,19,20,23)/t13-/m0/s1. The molecule has 1 aromatic heterocycles. The molecule has 5 nitrogen and oxygen atoms in total. The summed E-state index contributed by atoms with van der Waals surface area (Å²) in [5, 5.41) is 6.67. The molecule has 0 unspecified atom stereocenters. The van der Waals surface area contributed by atoms with Crippen molar-refractivity contribution in [2.75, 3.05) is 19.0 Å². The fourth-order valence-corrected chi connectivity index (χ4v) is 2.29. The predicted molar refractivity (Wildman–Crippen MR) is 96.3 cm³/mol. The number of methoxy groups -OCH3 is 1. The number of thiocarbonyl (C=S) groups is 1. The van der Waals surface area contributed by atoms with Crippen LogP contribution in [0.2, 0.25) is 0 Å². The van der Waals surface area contributed by atoms with Crippen LogP contribution < -0.4 is 20.1 Å². The molecule has 0 spiro atoms. The van der Waals surface area contributed by atoms with Crippen molar-refractivity contribution in [2.24, 2.45) is 0 Å². The summed E-state index contributed by atoms with van der Waals surface area (Å²) in [6.45, 7) is 4.53. The number of aryl methyl sites for hydroxylation is 1. The normalized spacial score (nSPS) is 11.4. The van der Waals surface area contributed by atoms with Crippen molar-refractivity contribution >= 4 is 23.1 Å². The van der Waals surface area contributed by atoms with E-state index in [1.54, 1.807) is 19.4 Å². The van der Waals surface area contributed by atoms with Gasteiger partial charge in [-0.05, 0) is 49.8 Å². The third-order valence-electron chi connectivity index (χ3n) is 3.18. The molecule has 6 heteroatoms. The molecule has 1 atom stereocenters. The van der Waals surface area contributed by atoms with Gasteiger partial charge in [0.1, 0.15) is 12.4 Å². The number of nitrogens with one attached hydrogen (secondary N) is 2. The van der Waals surface area contributed by atoms with Gasteiger partial charge in [0, 0.05) is 6.20 Å². The highest BCUT2D eigenvalue weighted by atomic mass is 32.1. The van der Waals surface area contributed by atoms with E-state index >= 15 is 0 Å². The first-order valence-corrected chi connectivity index (χ1v) is 7.76. The largest absolute Gasteiger partial charge is 0.493 e. The van der Waals surface area contributed by atoms with Gasteiger partial charge in [0.2, 0.25) is 0 Å². The molecule has 0 saturated heterocycles. The van der Waals surface area contributed by atoms with E-state index in [-0.39, 0.29) is 6.04 Å². The second-order valence-corrected chi connectivity index (χ2v) is 5.54. The lowest BCUT2D eigenvalue weighted by Gasteiger charge is -2.18. The van der Waals surface area contributed by atoms with Crippen LogP contribution in [0.5, 0.6) is 11.5 Å². The molecule has 0 aliphatic rings. The second-order valence-electron chi connectivity index (χ2n) is 5.13. The maximum atomic E-state index is 5.80. The van der Waals surface area contributed by atoms with Gasteiger partial charge in [-0.2, -0.15) is 0 Å². The topological polar surface area (TPSA) is 55.4 Å². The fourth-order valence-electron chi connectivity index (χ4n) is 1.99. The monoisotopic (exact) mass is 331 g/mol. The molecule has 2 N–H and O–H groups in total. The molecule has 1 aromatic carbocycles. The number of hydrogen-bond acceptors (Lipinski definition) is 4. The molecule has 0 aliphatic heterocycles. The molecule has 2 aromatic rings. The van der Waals surface area contributed by atoms with Crippen LogP contribution >= 0.6 is 12.2 Å². The Kier molecular flexibility index (Phi) is 6.17. The Hall–Kier alpha value is -2.34. The SMILES string of the molecule is COc1cccnc1NC(=S)N[C@@H](C)COc1ccccc1C. The number of pyridine rings is 1. The van der Waals surface area contributed by atoms with Gasteiger partial charge >= 0.3 is 0 Å². The van der Waals surface area contributed by atoms with Crippen molar-refractivity contribution in [2.45, 2.75) is 19.9 Å². The smallest absolute Gasteiger partial charge is 0.174 e. The zero-order chi connectivity index (χ0) is 16.7. The maximum absolute atomic E-state index is 5.80. The number of benzene rings is 1. The fraction of sp³-hybridized carbons (Fsp3) is 0.294. The molecule has 0 amide bonds. The van der Waals surface area contributed by atoms with E-state index in [1.165, 1.54) is 0 Å². The first-order valence-electron chi connectivity index (χ1n) is 7.35. The highest BCUT2D eigenvalue weighted by molar-refractivity contribution is 7.80. The summed E-state index contributed by atoms with van der Waals surface area (Å²) in [5.41, 5.74) is 1.11. The lowest BCUT2D eigenvalue weighted by Crippen LogP contribution is -2.39. The molecule has 0 radical (unpaired) electrons. The molecule has 23 heavy (non-hydrogen) atoms. The van der Waals surface area contributed by atoms with Gasteiger partial charge in [0.15, 0.2) is 16.7 Å². The van der Waals surface area contributed by atoms with Gasteiger partial charge in [0.25, 0.3) is 0 Å². The van der Waals surface area contributed by atoms with E-state index < -0.39 is 0 Å². The van der Waals surface area contributed by atoms with E-state index in [2.05, 4.69) is 15.6 Å². The molecule has 122 valence electrons. The number of hydrogen-bond donors (Lipinski definition) is 2. The molecule has 0 fully saturated rings. The highest BCUT2D eigenvalue weighted by Gasteiger charge is 2.09. The molecule has 2 rings (SSSR count). The summed E-state index contributed by atoms with van der Waals surface area (Å²) in [7, 11) is 1.59. The Balaban J connectivity index is 1.84. The summed E-state index contributed by atoms with van der Waals surface area (Å²) in [6, 6.07) is 11.6. The zero-order valence-corrected chi connectivity index (χ0v) is 14.3. The maximum Gasteiger partial charge on any atom is 0.174 e. The molecule has 0 saturated carbocycles. The van der Waals surface area contributed by atoms with Crippen molar-refractivity contribution < 1.29 is 9.47 Å². The molecular formula is C17H21N3O2S. The Labute approximate surface area is 142 Å². The minimum atomic E-state index is 0.0457. The van der Waals surface area contributed by atoms with Crippen molar-refractivity contribution in [3.63, 3.8) is 0 Å². The van der Waals surface area contributed by atoms with E-state index in [1.807, 2.05) is 44.2 Å². The lowest BCUT2D eigenvalue weighted by molar-refractivity contribution is 0.285. The van der Waals surface area contributed by atoms with E-state index in [0.717, 1.165) is 11.3 Å². The summed E-state index contributed by atoms with van der Waals surface area (Å²) >= 11 is 5.30. The average Bonchev–Trinajstić information content (AvgIpc) is 2.54. The average molecular weight is 331 g/mol. The number of rotatable bonds is 6. The summed E-state index contributed by atoms with van der Waals surface area (Å²) in [4.78, 5) is 4.21. The quantitative estimate of drug-likeness (QED) is 0.793. The minimum Gasteiger partial charge on any atom is -0.493 e.